The van der Waals surface area contributed by atoms with Crippen molar-refractivity contribution < 1.29 is 4.79 Å². The predicted octanol–water partition coefficient (Wildman–Crippen LogP) is 2.71. The minimum Gasteiger partial charge on any atom is -0.335 e. The van der Waals surface area contributed by atoms with Gasteiger partial charge in [0.15, 0.2) is 0 Å². The van der Waals surface area contributed by atoms with E-state index in [9.17, 15) is 4.79 Å². The fourth-order valence-electron chi connectivity index (χ4n) is 2.97. The van der Waals surface area contributed by atoms with Crippen molar-refractivity contribution in [2.24, 2.45) is 0 Å². The van der Waals surface area contributed by atoms with Gasteiger partial charge in [-0.3, -0.25) is 9.78 Å². The Balaban J connectivity index is 2.00. The maximum Gasteiger partial charge on any atom is 0.256 e. The molecule has 110 valence electrons. The van der Waals surface area contributed by atoms with Gasteiger partial charge in [0.1, 0.15) is 0 Å². The smallest absolute Gasteiger partial charge is 0.256 e. The number of hydrogen-bond donors (Lipinski definition) is 1. The Labute approximate surface area is 129 Å². The van der Waals surface area contributed by atoms with E-state index in [2.05, 4.69) is 24.1 Å². The number of piperazine rings is 1. The van der Waals surface area contributed by atoms with E-state index in [0.29, 0.717) is 41.3 Å². The van der Waals surface area contributed by atoms with Gasteiger partial charge in [-0.1, -0.05) is 11.6 Å². The average Bonchev–Trinajstić information content (AvgIpc) is 2.46. The number of fused-ring (bicyclic) bond motifs is 1. The number of aromatic nitrogens is 1. The number of pyridine rings is 1. The van der Waals surface area contributed by atoms with Gasteiger partial charge in [0.05, 0.1) is 16.1 Å². The van der Waals surface area contributed by atoms with Crippen LogP contribution < -0.4 is 5.32 Å². The molecule has 1 aliphatic rings. The number of rotatable bonds is 1. The van der Waals surface area contributed by atoms with Crippen LogP contribution in [0.5, 0.6) is 0 Å². The summed E-state index contributed by atoms with van der Waals surface area (Å²) in [6, 6.07) is 7.86. The Bertz CT molecular complexity index is 678. The van der Waals surface area contributed by atoms with Crippen LogP contribution in [0.25, 0.3) is 10.9 Å². The maximum atomic E-state index is 12.8. The lowest BCUT2D eigenvalue weighted by Crippen LogP contribution is -2.55. The molecule has 2 atom stereocenters. The fraction of sp³-hybridized carbons (Fsp3) is 0.375. The fourth-order valence-corrected chi connectivity index (χ4v) is 3.19. The highest BCUT2D eigenvalue weighted by atomic mass is 35.5. The Hall–Kier alpha value is -1.65. The van der Waals surface area contributed by atoms with E-state index in [4.69, 9.17) is 11.6 Å². The first-order valence-electron chi connectivity index (χ1n) is 7.15. The number of hydrogen-bond acceptors (Lipinski definition) is 3. The summed E-state index contributed by atoms with van der Waals surface area (Å²) in [6.07, 6.45) is 1.69. The highest BCUT2D eigenvalue weighted by Gasteiger charge is 2.26. The molecule has 1 amide bonds. The molecule has 1 aromatic heterocycles. The van der Waals surface area contributed by atoms with Gasteiger partial charge in [0, 0.05) is 36.8 Å². The first kappa shape index (κ1) is 14.3. The van der Waals surface area contributed by atoms with Gasteiger partial charge < -0.3 is 10.2 Å². The Morgan fingerprint density at radius 2 is 2.00 bits per heavy atom. The van der Waals surface area contributed by atoms with Gasteiger partial charge in [0.25, 0.3) is 5.91 Å². The highest BCUT2D eigenvalue weighted by Crippen LogP contribution is 2.26. The Kier molecular flexibility index (Phi) is 3.83. The molecule has 5 heteroatoms. The summed E-state index contributed by atoms with van der Waals surface area (Å²) in [7, 11) is 0. The van der Waals surface area contributed by atoms with Crippen molar-refractivity contribution in [2.45, 2.75) is 25.9 Å². The summed E-state index contributed by atoms with van der Waals surface area (Å²) < 4.78 is 0. The number of benzene rings is 1. The van der Waals surface area contributed by atoms with E-state index >= 15 is 0 Å². The number of nitrogens with one attached hydrogen (secondary N) is 1. The van der Waals surface area contributed by atoms with Crippen LogP contribution in [-0.2, 0) is 0 Å². The van der Waals surface area contributed by atoms with Crippen LogP contribution >= 0.6 is 11.6 Å². The summed E-state index contributed by atoms with van der Waals surface area (Å²) >= 11 is 6.19. The quantitative estimate of drug-likeness (QED) is 0.881. The lowest BCUT2D eigenvalue weighted by molar-refractivity contribution is 0.0675. The number of carbonyl (C=O) groups excluding carboxylic acids is 1. The van der Waals surface area contributed by atoms with Crippen molar-refractivity contribution in [3.8, 4) is 0 Å². The van der Waals surface area contributed by atoms with Gasteiger partial charge in [-0.25, -0.2) is 0 Å². The molecule has 0 unspecified atom stereocenters. The van der Waals surface area contributed by atoms with Crippen molar-refractivity contribution in [1.29, 1.82) is 0 Å². The molecule has 0 aliphatic carbocycles. The minimum atomic E-state index is 0.0237. The number of carbonyl (C=O) groups is 1. The molecular weight excluding hydrogens is 286 g/mol. The summed E-state index contributed by atoms with van der Waals surface area (Å²) in [6.45, 7) is 5.60. The molecule has 4 nitrogen and oxygen atoms in total. The standard InChI is InChI=1S/C16H18ClN3O/c1-10-8-20(9-11(2)19-10)16(21)13-5-6-14(17)12-4-3-7-18-15(12)13/h3-7,10-11,19H,8-9H2,1-2H3/t10-,11-/m1/s1. The normalized spacial score (nSPS) is 22.5. The number of amides is 1. The third-order valence-electron chi connectivity index (χ3n) is 3.79. The summed E-state index contributed by atoms with van der Waals surface area (Å²) in [5, 5.41) is 4.87. The second-order valence-electron chi connectivity index (χ2n) is 5.67. The zero-order valence-electron chi connectivity index (χ0n) is 12.1. The summed E-state index contributed by atoms with van der Waals surface area (Å²) in [5.41, 5.74) is 1.30. The second kappa shape index (κ2) is 5.62. The third kappa shape index (κ3) is 2.74. The topological polar surface area (TPSA) is 45.2 Å². The van der Waals surface area contributed by atoms with E-state index in [0.717, 1.165) is 5.39 Å². The molecule has 1 N–H and O–H groups in total. The molecule has 2 heterocycles. The third-order valence-corrected chi connectivity index (χ3v) is 4.12. The summed E-state index contributed by atoms with van der Waals surface area (Å²) in [5.74, 6) is 0.0237. The van der Waals surface area contributed by atoms with Crippen molar-refractivity contribution in [3.63, 3.8) is 0 Å². The zero-order chi connectivity index (χ0) is 15.0. The van der Waals surface area contributed by atoms with Gasteiger partial charge in [-0.2, -0.15) is 0 Å². The van der Waals surface area contributed by atoms with E-state index < -0.39 is 0 Å². The molecule has 1 aromatic carbocycles. The van der Waals surface area contributed by atoms with E-state index in [1.165, 1.54) is 0 Å². The lowest BCUT2D eigenvalue weighted by Gasteiger charge is -2.36. The number of nitrogens with zero attached hydrogens (tertiary/aromatic N) is 2. The molecule has 0 saturated carbocycles. The van der Waals surface area contributed by atoms with E-state index in [1.54, 1.807) is 18.3 Å². The molecule has 0 radical (unpaired) electrons. The van der Waals surface area contributed by atoms with Gasteiger partial charge >= 0.3 is 0 Å². The van der Waals surface area contributed by atoms with Crippen molar-refractivity contribution in [2.75, 3.05) is 13.1 Å². The first-order chi connectivity index (χ1) is 10.1. The monoisotopic (exact) mass is 303 g/mol. The van der Waals surface area contributed by atoms with Crippen LogP contribution in [0, 0.1) is 0 Å². The minimum absolute atomic E-state index is 0.0237. The lowest BCUT2D eigenvalue weighted by atomic mass is 10.1. The molecule has 21 heavy (non-hydrogen) atoms. The maximum absolute atomic E-state index is 12.8. The largest absolute Gasteiger partial charge is 0.335 e. The van der Waals surface area contributed by atoms with Crippen LogP contribution in [0.1, 0.15) is 24.2 Å². The molecule has 3 rings (SSSR count). The van der Waals surface area contributed by atoms with Crippen LogP contribution in [0.2, 0.25) is 5.02 Å². The average molecular weight is 304 g/mol. The van der Waals surface area contributed by atoms with Crippen molar-refractivity contribution in [3.05, 3.63) is 41.0 Å². The highest BCUT2D eigenvalue weighted by molar-refractivity contribution is 6.36. The van der Waals surface area contributed by atoms with Crippen LogP contribution in [0.15, 0.2) is 30.5 Å². The zero-order valence-corrected chi connectivity index (χ0v) is 12.9. The molecule has 2 aromatic rings. The van der Waals surface area contributed by atoms with Crippen LogP contribution in [0.4, 0.5) is 0 Å². The molecule has 0 bridgehead atoms. The summed E-state index contributed by atoms with van der Waals surface area (Å²) in [4.78, 5) is 19.1. The van der Waals surface area contributed by atoms with E-state index in [1.807, 2.05) is 17.0 Å². The van der Waals surface area contributed by atoms with E-state index in [-0.39, 0.29) is 5.91 Å². The SMILES string of the molecule is C[C@@H]1CN(C(=O)c2ccc(Cl)c3cccnc23)C[C@@H](C)N1. The van der Waals surface area contributed by atoms with Crippen molar-refractivity contribution >= 4 is 28.4 Å². The Morgan fingerprint density at radius 1 is 1.29 bits per heavy atom. The van der Waals surface area contributed by atoms with Crippen LogP contribution in [-0.4, -0.2) is 41.0 Å². The van der Waals surface area contributed by atoms with Gasteiger partial charge in [0.2, 0.25) is 0 Å². The first-order valence-corrected chi connectivity index (χ1v) is 7.52. The van der Waals surface area contributed by atoms with Crippen LogP contribution in [0.3, 0.4) is 0 Å². The molecule has 1 saturated heterocycles. The predicted molar refractivity (Wildman–Crippen MR) is 84.7 cm³/mol. The van der Waals surface area contributed by atoms with Gasteiger partial charge in [-0.15, -0.1) is 0 Å². The Morgan fingerprint density at radius 3 is 2.71 bits per heavy atom. The van der Waals surface area contributed by atoms with Crippen molar-refractivity contribution in [1.82, 2.24) is 15.2 Å². The molecule has 1 aliphatic heterocycles. The van der Waals surface area contributed by atoms with Gasteiger partial charge in [-0.05, 0) is 38.1 Å². The molecule has 0 spiro atoms. The molecular formula is C16H18ClN3O. The number of halogens is 1. The molecule has 1 fully saturated rings. The second-order valence-corrected chi connectivity index (χ2v) is 6.08.